The number of nitrogens with zero attached hydrogens (tertiary/aromatic N) is 2. The molecule has 0 bridgehead atoms. The van der Waals surface area contributed by atoms with Crippen molar-refractivity contribution in [1.29, 1.82) is 0 Å². The second-order valence-electron chi connectivity index (χ2n) is 6.01. The normalized spacial score (nSPS) is 15.6. The number of carboxylic acid groups (broad SMARTS) is 1. The van der Waals surface area contributed by atoms with Crippen molar-refractivity contribution >= 4 is 23.1 Å². The Morgan fingerprint density at radius 3 is 2.75 bits per heavy atom. The summed E-state index contributed by atoms with van der Waals surface area (Å²) in [6.07, 6.45) is 2.14. The standard InChI is InChI=1S/C17H21N3O4/c21-15(22)6-3-9-18-17(23)20-10-7-12(8-11-20)16-19-13-4-1-2-5-14(13)24-16/h1-2,4-5,12H,3,6-11H2,(H,18,23)(H,21,22). The number of carbonyl (C=O) groups excluding carboxylic acids is 1. The number of piperidine rings is 1. The van der Waals surface area contributed by atoms with Gasteiger partial charge in [-0.2, -0.15) is 0 Å². The fourth-order valence-electron chi connectivity index (χ4n) is 2.94. The molecule has 1 aliphatic heterocycles. The van der Waals surface area contributed by atoms with Crippen molar-refractivity contribution in [2.45, 2.75) is 31.6 Å². The number of para-hydroxylation sites is 2. The average molecular weight is 331 g/mol. The number of aromatic nitrogens is 1. The van der Waals surface area contributed by atoms with Gasteiger partial charge in [0.25, 0.3) is 0 Å². The molecule has 1 aliphatic rings. The third-order valence-electron chi connectivity index (χ3n) is 4.29. The summed E-state index contributed by atoms with van der Waals surface area (Å²) in [5.74, 6) is 0.134. The molecule has 1 aromatic heterocycles. The topological polar surface area (TPSA) is 95.7 Å². The van der Waals surface area contributed by atoms with Gasteiger partial charge in [0, 0.05) is 32.0 Å². The Balaban J connectivity index is 1.48. The van der Waals surface area contributed by atoms with Crippen LogP contribution < -0.4 is 5.32 Å². The van der Waals surface area contributed by atoms with Crippen LogP contribution in [0.1, 0.15) is 37.5 Å². The van der Waals surface area contributed by atoms with Crippen LogP contribution in [0.25, 0.3) is 11.1 Å². The second-order valence-corrected chi connectivity index (χ2v) is 6.01. The third kappa shape index (κ3) is 3.84. The Morgan fingerprint density at radius 1 is 1.29 bits per heavy atom. The van der Waals surface area contributed by atoms with E-state index in [1.54, 1.807) is 4.90 Å². The molecule has 0 saturated carbocycles. The molecule has 2 heterocycles. The molecule has 2 aromatic rings. The van der Waals surface area contributed by atoms with Crippen LogP contribution in [0, 0.1) is 0 Å². The highest BCUT2D eigenvalue weighted by atomic mass is 16.4. The quantitative estimate of drug-likeness (QED) is 0.821. The first-order valence-electron chi connectivity index (χ1n) is 8.23. The summed E-state index contributed by atoms with van der Waals surface area (Å²) < 4.78 is 5.82. The van der Waals surface area contributed by atoms with E-state index in [0.717, 1.165) is 29.8 Å². The number of amides is 2. The van der Waals surface area contributed by atoms with Gasteiger partial charge in [0.1, 0.15) is 5.52 Å². The predicted molar refractivity (Wildman–Crippen MR) is 87.8 cm³/mol. The maximum atomic E-state index is 12.1. The molecular formula is C17H21N3O4. The molecule has 7 heteroatoms. The number of likely N-dealkylation sites (tertiary alicyclic amines) is 1. The van der Waals surface area contributed by atoms with E-state index in [9.17, 15) is 9.59 Å². The number of hydrogen-bond donors (Lipinski definition) is 2. The zero-order valence-electron chi connectivity index (χ0n) is 13.4. The number of benzene rings is 1. The van der Waals surface area contributed by atoms with Gasteiger partial charge in [0.2, 0.25) is 0 Å². The number of carboxylic acids is 1. The van der Waals surface area contributed by atoms with E-state index in [2.05, 4.69) is 10.3 Å². The van der Waals surface area contributed by atoms with Crippen molar-refractivity contribution in [3.63, 3.8) is 0 Å². The van der Waals surface area contributed by atoms with Gasteiger partial charge in [-0.1, -0.05) is 12.1 Å². The first-order chi connectivity index (χ1) is 11.6. The minimum atomic E-state index is -0.844. The number of nitrogens with one attached hydrogen (secondary N) is 1. The molecule has 0 spiro atoms. The molecular weight excluding hydrogens is 310 g/mol. The van der Waals surface area contributed by atoms with Crippen LogP contribution in [0.3, 0.4) is 0 Å². The lowest BCUT2D eigenvalue weighted by molar-refractivity contribution is -0.137. The predicted octanol–water partition coefficient (Wildman–Crippen LogP) is 2.58. The Bertz CT molecular complexity index is 686. The Morgan fingerprint density at radius 2 is 2.04 bits per heavy atom. The van der Waals surface area contributed by atoms with Gasteiger partial charge in [0.15, 0.2) is 11.5 Å². The minimum Gasteiger partial charge on any atom is -0.481 e. The van der Waals surface area contributed by atoms with Crippen LogP contribution in [0.4, 0.5) is 4.79 Å². The summed E-state index contributed by atoms with van der Waals surface area (Å²) in [6.45, 7) is 1.68. The van der Waals surface area contributed by atoms with Crippen LogP contribution in [0.5, 0.6) is 0 Å². The molecule has 128 valence electrons. The van der Waals surface area contributed by atoms with Crippen LogP contribution >= 0.6 is 0 Å². The van der Waals surface area contributed by atoms with Crippen molar-refractivity contribution in [3.05, 3.63) is 30.2 Å². The zero-order valence-corrected chi connectivity index (χ0v) is 13.4. The summed E-state index contributed by atoms with van der Waals surface area (Å²) >= 11 is 0. The van der Waals surface area contributed by atoms with Gasteiger partial charge in [-0.05, 0) is 31.4 Å². The van der Waals surface area contributed by atoms with Crippen molar-refractivity contribution in [2.75, 3.05) is 19.6 Å². The van der Waals surface area contributed by atoms with Crippen molar-refractivity contribution in [2.24, 2.45) is 0 Å². The fraction of sp³-hybridized carbons (Fsp3) is 0.471. The Labute approximate surface area is 139 Å². The van der Waals surface area contributed by atoms with Gasteiger partial charge >= 0.3 is 12.0 Å². The highest BCUT2D eigenvalue weighted by Crippen LogP contribution is 2.29. The lowest BCUT2D eigenvalue weighted by Gasteiger charge is -2.30. The highest BCUT2D eigenvalue weighted by molar-refractivity contribution is 5.74. The van der Waals surface area contributed by atoms with E-state index < -0.39 is 5.97 Å². The van der Waals surface area contributed by atoms with Gasteiger partial charge < -0.3 is 19.7 Å². The minimum absolute atomic E-state index is 0.0695. The molecule has 7 nitrogen and oxygen atoms in total. The maximum Gasteiger partial charge on any atom is 0.317 e. The average Bonchev–Trinajstić information content (AvgIpc) is 3.02. The number of hydrogen-bond acceptors (Lipinski definition) is 4. The number of urea groups is 1. The largest absolute Gasteiger partial charge is 0.481 e. The molecule has 0 aliphatic carbocycles. The molecule has 3 rings (SSSR count). The summed E-state index contributed by atoms with van der Waals surface area (Å²) in [6, 6.07) is 7.57. The van der Waals surface area contributed by atoms with Crippen molar-refractivity contribution < 1.29 is 19.1 Å². The van der Waals surface area contributed by atoms with Crippen LogP contribution in [0.15, 0.2) is 28.7 Å². The number of aliphatic carboxylic acids is 1. The van der Waals surface area contributed by atoms with Crippen LogP contribution in [0.2, 0.25) is 0 Å². The van der Waals surface area contributed by atoms with E-state index in [0.29, 0.717) is 26.1 Å². The summed E-state index contributed by atoms with van der Waals surface area (Å²) in [5.41, 5.74) is 1.66. The number of carbonyl (C=O) groups is 2. The van der Waals surface area contributed by atoms with Crippen LogP contribution in [-0.2, 0) is 4.79 Å². The van der Waals surface area contributed by atoms with E-state index in [1.807, 2.05) is 24.3 Å². The maximum absolute atomic E-state index is 12.1. The molecule has 1 fully saturated rings. The van der Waals surface area contributed by atoms with Crippen molar-refractivity contribution in [1.82, 2.24) is 15.2 Å². The first-order valence-corrected chi connectivity index (χ1v) is 8.23. The molecule has 0 atom stereocenters. The Kier molecular flexibility index (Phi) is 4.98. The molecule has 0 unspecified atom stereocenters. The third-order valence-corrected chi connectivity index (χ3v) is 4.29. The number of rotatable bonds is 5. The van der Waals surface area contributed by atoms with Gasteiger partial charge in [0.05, 0.1) is 0 Å². The molecule has 1 aromatic carbocycles. The van der Waals surface area contributed by atoms with Crippen LogP contribution in [-0.4, -0.2) is 46.6 Å². The number of oxazole rings is 1. The SMILES string of the molecule is O=C(O)CCCNC(=O)N1CCC(c2nc3ccccc3o2)CC1. The van der Waals surface area contributed by atoms with E-state index in [1.165, 1.54) is 0 Å². The smallest absolute Gasteiger partial charge is 0.317 e. The van der Waals surface area contributed by atoms with E-state index in [-0.39, 0.29) is 18.4 Å². The molecule has 1 saturated heterocycles. The van der Waals surface area contributed by atoms with Crippen molar-refractivity contribution in [3.8, 4) is 0 Å². The van der Waals surface area contributed by atoms with Gasteiger partial charge in [-0.3, -0.25) is 4.79 Å². The summed E-state index contributed by atoms with van der Waals surface area (Å²) in [4.78, 5) is 28.8. The molecule has 0 radical (unpaired) electrons. The zero-order chi connectivity index (χ0) is 16.9. The highest BCUT2D eigenvalue weighted by Gasteiger charge is 2.26. The summed E-state index contributed by atoms with van der Waals surface area (Å²) in [7, 11) is 0. The monoisotopic (exact) mass is 331 g/mol. The lowest BCUT2D eigenvalue weighted by Crippen LogP contribution is -2.44. The summed E-state index contributed by atoms with van der Waals surface area (Å²) in [5, 5.41) is 11.3. The lowest BCUT2D eigenvalue weighted by atomic mass is 9.97. The first kappa shape index (κ1) is 16.3. The number of fused-ring (bicyclic) bond motifs is 1. The van der Waals surface area contributed by atoms with E-state index in [4.69, 9.17) is 9.52 Å². The molecule has 2 amide bonds. The second kappa shape index (κ2) is 7.33. The van der Waals surface area contributed by atoms with E-state index >= 15 is 0 Å². The van der Waals surface area contributed by atoms with Gasteiger partial charge in [-0.15, -0.1) is 0 Å². The van der Waals surface area contributed by atoms with Gasteiger partial charge in [-0.25, -0.2) is 9.78 Å². The Hall–Kier alpha value is -2.57. The molecule has 2 N–H and O–H groups in total. The fourth-order valence-corrected chi connectivity index (χ4v) is 2.94. The molecule has 24 heavy (non-hydrogen) atoms.